The molecular weight excluding hydrogens is 368 g/mol. The van der Waals surface area contributed by atoms with E-state index in [1.807, 2.05) is 43.5 Å². The summed E-state index contributed by atoms with van der Waals surface area (Å²) in [7, 11) is -3.01. The van der Waals surface area contributed by atoms with Crippen LogP contribution in [0.3, 0.4) is 0 Å². The molecule has 1 fully saturated rings. The molecule has 2 aromatic rings. The smallest absolute Gasteiger partial charge is 0.228 e. The van der Waals surface area contributed by atoms with E-state index in [2.05, 4.69) is 4.98 Å². The maximum atomic E-state index is 12.8. The standard InChI is InChI=1S/C19H24N2O3S2/c1-3-9-21(17-8-10-26(23,24)13-17)18(22)11-16-12-25-19(20-16)15-6-4-14(2)5-7-15/h4-7,12,17H,3,8-11,13H2,1-2H3/t17-/m1/s1. The minimum atomic E-state index is -3.01. The molecule has 2 heterocycles. The first-order chi connectivity index (χ1) is 12.4. The molecule has 0 N–H and O–H groups in total. The largest absolute Gasteiger partial charge is 0.338 e. The van der Waals surface area contributed by atoms with Gasteiger partial charge in [0.15, 0.2) is 9.84 Å². The van der Waals surface area contributed by atoms with Crippen LogP contribution in [0.4, 0.5) is 0 Å². The third-order valence-corrected chi connectivity index (χ3v) is 7.31. The number of carbonyl (C=O) groups excluding carboxylic acids is 1. The summed E-state index contributed by atoms with van der Waals surface area (Å²) in [6.07, 6.45) is 1.58. The zero-order chi connectivity index (χ0) is 18.7. The van der Waals surface area contributed by atoms with Crippen LogP contribution in [0.15, 0.2) is 29.6 Å². The van der Waals surface area contributed by atoms with Crippen molar-refractivity contribution in [3.63, 3.8) is 0 Å². The van der Waals surface area contributed by atoms with E-state index in [0.29, 0.717) is 13.0 Å². The van der Waals surface area contributed by atoms with Gasteiger partial charge in [0.05, 0.1) is 23.6 Å². The lowest BCUT2D eigenvalue weighted by Gasteiger charge is -2.27. The number of hydrogen-bond acceptors (Lipinski definition) is 5. The number of amides is 1. The van der Waals surface area contributed by atoms with Gasteiger partial charge in [-0.3, -0.25) is 4.79 Å². The zero-order valence-corrected chi connectivity index (χ0v) is 16.8. The molecule has 0 aliphatic carbocycles. The molecule has 3 rings (SSSR count). The first-order valence-electron chi connectivity index (χ1n) is 8.89. The second kappa shape index (κ2) is 7.88. The van der Waals surface area contributed by atoms with Crippen LogP contribution in [-0.2, 0) is 21.1 Å². The van der Waals surface area contributed by atoms with E-state index in [9.17, 15) is 13.2 Å². The summed E-state index contributed by atoms with van der Waals surface area (Å²) in [5.41, 5.74) is 2.99. The molecule has 140 valence electrons. The molecule has 1 aliphatic heterocycles. The Kier molecular flexibility index (Phi) is 5.77. The molecule has 0 unspecified atom stereocenters. The Labute approximate surface area is 159 Å². The number of benzene rings is 1. The van der Waals surface area contributed by atoms with Gasteiger partial charge in [0.25, 0.3) is 0 Å². The zero-order valence-electron chi connectivity index (χ0n) is 15.1. The van der Waals surface area contributed by atoms with Crippen LogP contribution >= 0.6 is 11.3 Å². The maximum absolute atomic E-state index is 12.8. The molecule has 5 nitrogen and oxygen atoms in total. The van der Waals surface area contributed by atoms with Crippen molar-refractivity contribution in [3.8, 4) is 10.6 Å². The van der Waals surface area contributed by atoms with Gasteiger partial charge in [0.2, 0.25) is 5.91 Å². The lowest BCUT2D eigenvalue weighted by molar-refractivity contribution is -0.132. The van der Waals surface area contributed by atoms with Gasteiger partial charge in [-0.1, -0.05) is 36.8 Å². The normalized spacial score (nSPS) is 18.8. The van der Waals surface area contributed by atoms with E-state index < -0.39 is 9.84 Å². The highest BCUT2D eigenvalue weighted by Crippen LogP contribution is 2.25. The second-order valence-corrected chi connectivity index (χ2v) is 9.92. The molecule has 1 amide bonds. The van der Waals surface area contributed by atoms with Crippen molar-refractivity contribution in [2.24, 2.45) is 0 Å². The van der Waals surface area contributed by atoms with E-state index in [-0.39, 0.29) is 29.9 Å². The molecule has 1 aromatic heterocycles. The summed E-state index contributed by atoms with van der Waals surface area (Å²) in [6.45, 7) is 4.64. The molecule has 0 radical (unpaired) electrons. The van der Waals surface area contributed by atoms with E-state index in [0.717, 1.165) is 22.7 Å². The van der Waals surface area contributed by atoms with Crippen molar-refractivity contribution in [1.82, 2.24) is 9.88 Å². The molecule has 0 bridgehead atoms. The van der Waals surface area contributed by atoms with Gasteiger partial charge in [0, 0.05) is 23.5 Å². The fourth-order valence-corrected chi connectivity index (χ4v) is 5.80. The molecule has 0 saturated carbocycles. The average molecular weight is 393 g/mol. The van der Waals surface area contributed by atoms with Crippen LogP contribution < -0.4 is 0 Å². The molecule has 1 atom stereocenters. The lowest BCUT2D eigenvalue weighted by Crippen LogP contribution is -2.42. The third-order valence-electron chi connectivity index (χ3n) is 4.62. The minimum absolute atomic E-state index is 0.0327. The lowest BCUT2D eigenvalue weighted by atomic mass is 10.1. The van der Waals surface area contributed by atoms with E-state index in [1.54, 1.807) is 4.90 Å². The van der Waals surface area contributed by atoms with Gasteiger partial charge in [-0.05, 0) is 19.8 Å². The maximum Gasteiger partial charge on any atom is 0.228 e. The van der Waals surface area contributed by atoms with E-state index >= 15 is 0 Å². The number of aryl methyl sites for hydroxylation is 1. The van der Waals surface area contributed by atoms with Crippen LogP contribution in [0, 0.1) is 6.92 Å². The molecular formula is C19H24N2O3S2. The summed E-state index contributed by atoms with van der Waals surface area (Å²) >= 11 is 1.53. The monoisotopic (exact) mass is 392 g/mol. The highest BCUT2D eigenvalue weighted by molar-refractivity contribution is 7.91. The average Bonchev–Trinajstić information content (AvgIpc) is 3.19. The number of aromatic nitrogens is 1. The first-order valence-corrected chi connectivity index (χ1v) is 11.6. The number of hydrogen-bond donors (Lipinski definition) is 0. The highest BCUT2D eigenvalue weighted by Gasteiger charge is 2.34. The predicted molar refractivity (Wildman–Crippen MR) is 105 cm³/mol. The van der Waals surface area contributed by atoms with Crippen molar-refractivity contribution in [1.29, 1.82) is 0 Å². The molecule has 1 aliphatic rings. The fourth-order valence-electron chi connectivity index (χ4n) is 3.25. The van der Waals surface area contributed by atoms with Gasteiger partial charge in [-0.2, -0.15) is 0 Å². The van der Waals surface area contributed by atoms with E-state index in [1.165, 1.54) is 16.9 Å². The van der Waals surface area contributed by atoms with Crippen LogP contribution in [-0.4, -0.2) is 48.3 Å². The predicted octanol–water partition coefficient (Wildman–Crippen LogP) is 3.09. The Balaban J connectivity index is 1.70. The fraction of sp³-hybridized carbons (Fsp3) is 0.474. The highest BCUT2D eigenvalue weighted by atomic mass is 32.2. The summed E-state index contributed by atoms with van der Waals surface area (Å²) in [4.78, 5) is 19.1. The molecule has 1 saturated heterocycles. The Bertz CT molecular complexity index is 872. The molecule has 26 heavy (non-hydrogen) atoms. The van der Waals surface area contributed by atoms with Crippen LogP contribution in [0.5, 0.6) is 0 Å². The number of rotatable bonds is 6. The number of carbonyl (C=O) groups is 1. The summed E-state index contributed by atoms with van der Waals surface area (Å²) in [5.74, 6) is 0.235. The summed E-state index contributed by atoms with van der Waals surface area (Å²) in [5, 5.41) is 2.82. The van der Waals surface area contributed by atoms with Gasteiger partial charge >= 0.3 is 0 Å². The quantitative estimate of drug-likeness (QED) is 0.758. The number of nitrogens with zero attached hydrogens (tertiary/aromatic N) is 2. The third kappa shape index (κ3) is 4.51. The Morgan fingerprint density at radius 3 is 2.65 bits per heavy atom. The van der Waals surface area contributed by atoms with Gasteiger partial charge in [-0.15, -0.1) is 11.3 Å². The number of sulfone groups is 1. The Hall–Kier alpha value is -1.73. The van der Waals surface area contributed by atoms with Gasteiger partial charge in [0.1, 0.15) is 5.01 Å². The second-order valence-electron chi connectivity index (χ2n) is 6.83. The Morgan fingerprint density at radius 2 is 2.04 bits per heavy atom. The van der Waals surface area contributed by atoms with Crippen molar-refractivity contribution in [2.75, 3.05) is 18.1 Å². The van der Waals surface area contributed by atoms with Gasteiger partial charge < -0.3 is 4.90 Å². The van der Waals surface area contributed by atoms with Crippen LogP contribution in [0.1, 0.15) is 31.0 Å². The van der Waals surface area contributed by atoms with Gasteiger partial charge in [-0.25, -0.2) is 13.4 Å². The van der Waals surface area contributed by atoms with E-state index in [4.69, 9.17) is 0 Å². The van der Waals surface area contributed by atoms with Crippen molar-refractivity contribution < 1.29 is 13.2 Å². The van der Waals surface area contributed by atoms with Crippen molar-refractivity contribution in [3.05, 3.63) is 40.9 Å². The SMILES string of the molecule is CCCN(C(=O)Cc1csc(-c2ccc(C)cc2)n1)[C@@H]1CCS(=O)(=O)C1. The first kappa shape index (κ1) is 19.0. The summed E-state index contributed by atoms with van der Waals surface area (Å²) < 4.78 is 23.5. The van der Waals surface area contributed by atoms with Crippen molar-refractivity contribution >= 4 is 27.1 Å². The molecule has 7 heteroatoms. The number of thiazole rings is 1. The van der Waals surface area contributed by atoms with Crippen LogP contribution in [0.2, 0.25) is 0 Å². The van der Waals surface area contributed by atoms with Crippen LogP contribution in [0.25, 0.3) is 10.6 Å². The van der Waals surface area contributed by atoms with Crippen molar-refractivity contribution in [2.45, 2.75) is 39.2 Å². The summed E-state index contributed by atoms with van der Waals surface area (Å²) in [6, 6.07) is 7.97. The minimum Gasteiger partial charge on any atom is -0.338 e. The Morgan fingerprint density at radius 1 is 1.31 bits per heavy atom. The molecule has 0 spiro atoms. The molecule has 1 aromatic carbocycles. The topological polar surface area (TPSA) is 67.3 Å².